The molecule has 1 saturated heterocycles. The predicted octanol–water partition coefficient (Wildman–Crippen LogP) is 2.67. The minimum absolute atomic E-state index is 0.273. The zero-order valence-electron chi connectivity index (χ0n) is 15.0. The lowest BCUT2D eigenvalue weighted by Crippen LogP contribution is -2.47. The summed E-state index contributed by atoms with van der Waals surface area (Å²) in [5.74, 6) is -0.0684. The number of ether oxygens (including phenoxy) is 1. The number of amides is 4. The number of anilines is 1. The fraction of sp³-hybridized carbons (Fsp3) is 0.526. The summed E-state index contributed by atoms with van der Waals surface area (Å²) in [6.45, 7) is -0.288. The number of rotatable bonds is 4. The van der Waals surface area contributed by atoms with Crippen molar-refractivity contribution < 1.29 is 19.1 Å². The molecule has 2 fully saturated rings. The SMILES string of the molecule is COc1cccc(NC(=O)CN2C(=O)NC3(CCCCCCC3)C2=O)c1. The van der Waals surface area contributed by atoms with E-state index in [9.17, 15) is 14.4 Å². The van der Waals surface area contributed by atoms with Gasteiger partial charge in [0.1, 0.15) is 17.8 Å². The van der Waals surface area contributed by atoms with E-state index in [0.717, 1.165) is 30.6 Å². The number of nitrogens with one attached hydrogen (secondary N) is 2. The molecule has 1 aromatic carbocycles. The molecule has 0 aromatic heterocycles. The van der Waals surface area contributed by atoms with E-state index in [4.69, 9.17) is 4.74 Å². The summed E-state index contributed by atoms with van der Waals surface area (Å²) in [5, 5.41) is 5.57. The van der Waals surface area contributed by atoms with Crippen molar-refractivity contribution in [1.82, 2.24) is 10.2 Å². The Bertz CT molecular complexity index is 696. The maximum absolute atomic E-state index is 12.9. The zero-order valence-corrected chi connectivity index (χ0v) is 15.0. The molecule has 3 rings (SSSR count). The van der Waals surface area contributed by atoms with E-state index < -0.39 is 17.5 Å². The minimum Gasteiger partial charge on any atom is -0.497 e. The van der Waals surface area contributed by atoms with Crippen LogP contribution in [0, 0.1) is 0 Å². The van der Waals surface area contributed by atoms with Gasteiger partial charge in [-0.25, -0.2) is 4.79 Å². The lowest BCUT2D eigenvalue weighted by molar-refractivity contribution is -0.134. The smallest absolute Gasteiger partial charge is 0.325 e. The van der Waals surface area contributed by atoms with E-state index in [1.54, 1.807) is 31.4 Å². The van der Waals surface area contributed by atoms with Gasteiger partial charge in [0.15, 0.2) is 0 Å². The Morgan fingerprint density at radius 1 is 1.19 bits per heavy atom. The van der Waals surface area contributed by atoms with Crippen LogP contribution in [0.3, 0.4) is 0 Å². The number of carbonyl (C=O) groups excluding carboxylic acids is 3. The van der Waals surface area contributed by atoms with Gasteiger partial charge in [0.2, 0.25) is 5.91 Å². The molecule has 1 heterocycles. The van der Waals surface area contributed by atoms with Gasteiger partial charge >= 0.3 is 6.03 Å². The van der Waals surface area contributed by atoms with Gasteiger partial charge in [-0.05, 0) is 25.0 Å². The summed E-state index contributed by atoms with van der Waals surface area (Å²) in [7, 11) is 1.54. The molecule has 0 radical (unpaired) electrons. The van der Waals surface area contributed by atoms with Crippen molar-refractivity contribution in [2.75, 3.05) is 19.0 Å². The van der Waals surface area contributed by atoms with Gasteiger partial charge in [0.25, 0.3) is 5.91 Å². The van der Waals surface area contributed by atoms with Crippen LogP contribution in [0.15, 0.2) is 24.3 Å². The number of hydrogen-bond donors (Lipinski definition) is 2. The molecule has 0 atom stereocenters. The number of benzene rings is 1. The molecule has 2 aliphatic rings. The predicted molar refractivity (Wildman–Crippen MR) is 96.9 cm³/mol. The molecule has 140 valence electrons. The number of imide groups is 1. The molecule has 7 nitrogen and oxygen atoms in total. The van der Waals surface area contributed by atoms with E-state index in [1.807, 2.05) is 0 Å². The van der Waals surface area contributed by atoms with Gasteiger partial charge in [0.05, 0.1) is 7.11 Å². The van der Waals surface area contributed by atoms with E-state index in [0.29, 0.717) is 24.3 Å². The van der Waals surface area contributed by atoms with Crippen LogP contribution in [0.5, 0.6) is 5.75 Å². The van der Waals surface area contributed by atoms with Crippen molar-refractivity contribution in [1.29, 1.82) is 0 Å². The fourth-order valence-corrected chi connectivity index (χ4v) is 3.71. The largest absolute Gasteiger partial charge is 0.497 e. The van der Waals surface area contributed by atoms with Crippen LogP contribution in [0.25, 0.3) is 0 Å². The number of urea groups is 1. The Hall–Kier alpha value is -2.57. The van der Waals surface area contributed by atoms with E-state index >= 15 is 0 Å². The molecule has 0 bridgehead atoms. The molecule has 1 aromatic rings. The molecule has 1 spiro atoms. The molecule has 0 unspecified atom stereocenters. The number of carbonyl (C=O) groups is 3. The third-order valence-electron chi connectivity index (χ3n) is 5.11. The number of methoxy groups -OCH3 is 1. The van der Waals surface area contributed by atoms with Gasteiger partial charge < -0.3 is 15.4 Å². The monoisotopic (exact) mass is 359 g/mol. The maximum atomic E-state index is 12.9. The van der Waals surface area contributed by atoms with Crippen molar-refractivity contribution in [3.05, 3.63) is 24.3 Å². The Labute approximate surface area is 153 Å². The third kappa shape index (κ3) is 3.81. The molecule has 4 amide bonds. The summed E-state index contributed by atoms with van der Waals surface area (Å²) < 4.78 is 5.12. The first-order valence-corrected chi connectivity index (χ1v) is 9.12. The second kappa shape index (κ2) is 7.76. The van der Waals surface area contributed by atoms with Crippen molar-refractivity contribution in [2.24, 2.45) is 0 Å². The third-order valence-corrected chi connectivity index (χ3v) is 5.11. The second-order valence-corrected chi connectivity index (χ2v) is 6.95. The van der Waals surface area contributed by atoms with E-state index in [1.165, 1.54) is 6.42 Å². The maximum Gasteiger partial charge on any atom is 0.325 e. The summed E-state index contributed by atoms with van der Waals surface area (Å²) in [6, 6.07) is 6.45. The highest BCUT2D eigenvalue weighted by Gasteiger charge is 2.50. The summed E-state index contributed by atoms with van der Waals surface area (Å²) in [6.07, 6.45) is 6.43. The first-order valence-electron chi connectivity index (χ1n) is 9.12. The highest BCUT2D eigenvalue weighted by molar-refractivity contribution is 6.10. The lowest BCUT2D eigenvalue weighted by atomic mass is 9.84. The van der Waals surface area contributed by atoms with Crippen molar-refractivity contribution >= 4 is 23.5 Å². The van der Waals surface area contributed by atoms with Gasteiger partial charge in [-0.1, -0.05) is 38.2 Å². The van der Waals surface area contributed by atoms with E-state index in [-0.39, 0.29) is 12.5 Å². The highest BCUT2D eigenvalue weighted by atomic mass is 16.5. The van der Waals surface area contributed by atoms with Crippen LogP contribution >= 0.6 is 0 Å². The van der Waals surface area contributed by atoms with Gasteiger partial charge in [-0.15, -0.1) is 0 Å². The first-order chi connectivity index (χ1) is 12.5. The molecular formula is C19H25N3O4. The van der Waals surface area contributed by atoms with Crippen molar-refractivity contribution in [3.63, 3.8) is 0 Å². The highest BCUT2D eigenvalue weighted by Crippen LogP contribution is 2.32. The summed E-state index contributed by atoms with van der Waals surface area (Å²) in [5.41, 5.74) is -0.268. The Morgan fingerprint density at radius 3 is 2.58 bits per heavy atom. The molecule has 7 heteroatoms. The summed E-state index contributed by atoms with van der Waals surface area (Å²) in [4.78, 5) is 38.6. The van der Waals surface area contributed by atoms with Gasteiger partial charge in [-0.3, -0.25) is 14.5 Å². The first kappa shape index (κ1) is 18.2. The summed E-state index contributed by atoms with van der Waals surface area (Å²) >= 11 is 0. The number of hydrogen-bond acceptors (Lipinski definition) is 4. The van der Waals surface area contributed by atoms with Crippen molar-refractivity contribution in [2.45, 2.75) is 50.5 Å². The zero-order chi connectivity index (χ0) is 18.6. The van der Waals surface area contributed by atoms with Crippen LogP contribution in [0.1, 0.15) is 44.9 Å². The number of nitrogens with zero attached hydrogens (tertiary/aromatic N) is 1. The molecule has 26 heavy (non-hydrogen) atoms. The van der Waals surface area contributed by atoms with Gasteiger partial charge in [-0.2, -0.15) is 0 Å². The quantitative estimate of drug-likeness (QED) is 0.809. The van der Waals surface area contributed by atoms with Crippen LogP contribution < -0.4 is 15.4 Å². The lowest BCUT2D eigenvalue weighted by Gasteiger charge is -2.28. The topological polar surface area (TPSA) is 87.7 Å². The molecule has 1 aliphatic carbocycles. The Balaban J connectivity index is 1.66. The normalized spacial score (nSPS) is 19.7. The second-order valence-electron chi connectivity index (χ2n) is 6.95. The van der Waals surface area contributed by atoms with Crippen LogP contribution in [0.4, 0.5) is 10.5 Å². The van der Waals surface area contributed by atoms with Crippen LogP contribution in [-0.4, -0.2) is 41.9 Å². The van der Waals surface area contributed by atoms with Crippen molar-refractivity contribution in [3.8, 4) is 5.75 Å². The standard InChI is InChI=1S/C19H25N3O4/c1-26-15-9-7-8-14(12-15)20-16(23)13-22-17(24)19(21-18(22)25)10-5-3-2-4-6-11-19/h7-9,12H,2-6,10-11,13H2,1H3,(H,20,23)(H,21,25). The minimum atomic E-state index is -0.826. The average molecular weight is 359 g/mol. The fourth-order valence-electron chi connectivity index (χ4n) is 3.71. The van der Waals surface area contributed by atoms with E-state index in [2.05, 4.69) is 10.6 Å². The van der Waals surface area contributed by atoms with Crippen LogP contribution in [0.2, 0.25) is 0 Å². The average Bonchev–Trinajstić information content (AvgIpc) is 2.83. The molecule has 2 N–H and O–H groups in total. The van der Waals surface area contributed by atoms with Crippen LogP contribution in [-0.2, 0) is 9.59 Å². The van der Waals surface area contributed by atoms with Gasteiger partial charge in [0, 0.05) is 11.8 Å². The molecule has 1 aliphatic heterocycles. The molecule has 1 saturated carbocycles. The Morgan fingerprint density at radius 2 is 1.88 bits per heavy atom. The molecular weight excluding hydrogens is 334 g/mol. The Kier molecular flexibility index (Phi) is 5.44.